The van der Waals surface area contributed by atoms with E-state index >= 15 is 0 Å². The molecule has 1 amide bonds. The SMILES string of the molecule is CC(=O)NCCN(CC1CCCCC1)C(C)C(=O)O. The van der Waals surface area contributed by atoms with Crippen LogP contribution in [0.5, 0.6) is 0 Å². The Morgan fingerprint density at radius 3 is 2.47 bits per heavy atom. The molecule has 1 aliphatic rings. The van der Waals surface area contributed by atoms with Gasteiger partial charge < -0.3 is 10.4 Å². The van der Waals surface area contributed by atoms with Gasteiger partial charge in [0.05, 0.1) is 0 Å². The van der Waals surface area contributed by atoms with E-state index in [9.17, 15) is 9.59 Å². The van der Waals surface area contributed by atoms with Crippen molar-refractivity contribution < 1.29 is 14.7 Å². The minimum atomic E-state index is -0.793. The molecule has 19 heavy (non-hydrogen) atoms. The molecule has 1 aliphatic carbocycles. The molecule has 0 bridgehead atoms. The number of carbonyl (C=O) groups is 2. The summed E-state index contributed by atoms with van der Waals surface area (Å²) < 4.78 is 0. The van der Waals surface area contributed by atoms with Gasteiger partial charge in [-0.25, -0.2) is 0 Å². The highest BCUT2D eigenvalue weighted by molar-refractivity contribution is 5.73. The molecule has 0 heterocycles. The number of carboxylic acids is 1. The van der Waals surface area contributed by atoms with E-state index in [-0.39, 0.29) is 5.91 Å². The minimum absolute atomic E-state index is 0.0689. The summed E-state index contributed by atoms with van der Waals surface area (Å²) >= 11 is 0. The average Bonchev–Trinajstić information content (AvgIpc) is 2.37. The zero-order chi connectivity index (χ0) is 14.3. The van der Waals surface area contributed by atoms with Gasteiger partial charge in [-0.15, -0.1) is 0 Å². The van der Waals surface area contributed by atoms with Crippen LogP contribution in [0.2, 0.25) is 0 Å². The molecule has 1 fully saturated rings. The molecule has 1 unspecified atom stereocenters. The smallest absolute Gasteiger partial charge is 0.320 e. The Kier molecular flexibility index (Phi) is 6.84. The molecule has 5 heteroatoms. The van der Waals surface area contributed by atoms with E-state index < -0.39 is 12.0 Å². The normalized spacial score (nSPS) is 18.3. The summed E-state index contributed by atoms with van der Waals surface area (Å²) in [5, 5.41) is 11.9. The summed E-state index contributed by atoms with van der Waals surface area (Å²) in [5.74, 6) is -0.257. The molecular formula is C14H26N2O3. The van der Waals surface area contributed by atoms with Crippen molar-refractivity contribution in [3.8, 4) is 0 Å². The second-order valence-corrected chi connectivity index (χ2v) is 5.50. The van der Waals surface area contributed by atoms with E-state index in [0.29, 0.717) is 19.0 Å². The Hall–Kier alpha value is -1.10. The Bertz CT molecular complexity index is 301. The van der Waals surface area contributed by atoms with E-state index in [1.807, 2.05) is 4.90 Å². The molecule has 110 valence electrons. The number of nitrogens with zero attached hydrogens (tertiary/aromatic N) is 1. The lowest BCUT2D eigenvalue weighted by Crippen LogP contribution is -2.45. The largest absolute Gasteiger partial charge is 0.480 e. The van der Waals surface area contributed by atoms with Crippen LogP contribution in [0.1, 0.15) is 46.0 Å². The van der Waals surface area contributed by atoms with Crippen molar-refractivity contribution in [2.45, 2.75) is 52.0 Å². The van der Waals surface area contributed by atoms with Crippen molar-refractivity contribution in [1.82, 2.24) is 10.2 Å². The monoisotopic (exact) mass is 270 g/mol. The maximum absolute atomic E-state index is 11.2. The lowest BCUT2D eigenvalue weighted by Gasteiger charge is -2.32. The first-order valence-electron chi connectivity index (χ1n) is 7.22. The third-order valence-electron chi connectivity index (χ3n) is 3.90. The fourth-order valence-electron chi connectivity index (χ4n) is 2.68. The van der Waals surface area contributed by atoms with Crippen molar-refractivity contribution in [3.05, 3.63) is 0 Å². The maximum atomic E-state index is 11.2. The molecule has 5 nitrogen and oxygen atoms in total. The van der Waals surface area contributed by atoms with Gasteiger partial charge >= 0.3 is 5.97 Å². The van der Waals surface area contributed by atoms with Gasteiger partial charge in [0.2, 0.25) is 5.91 Å². The molecule has 0 aliphatic heterocycles. The van der Waals surface area contributed by atoms with Gasteiger partial charge in [-0.1, -0.05) is 19.3 Å². The minimum Gasteiger partial charge on any atom is -0.480 e. The van der Waals surface area contributed by atoms with Gasteiger partial charge in [0.1, 0.15) is 6.04 Å². The Balaban J connectivity index is 2.47. The zero-order valence-electron chi connectivity index (χ0n) is 12.0. The van der Waals surface area contributed by atoms with Crippen LogP contribution < -0.4 is 5.32 Å². The van der Waals surface area contributed by atoms with Gasteiger partial charge in [-0.05, 0) is 25.7 Å². The first kappa shape index (κ1) is 16.0. The van der Waals surface area contributed by atoms with Crippen molar-refractivity contribution >= 4 is 11.9 Å². The topological polar surface area (TPSA) is 69.6 Å². The maximum Gasteiger partial charge on any atom is 0.320 e. The molecule has 2 N–H and O–H groups in total. The summed E-state index contributed by atoms with van der Waals surface area (Å²) in [6.45, 7) is 5.14. The number of carboxylic acid groups (broad SMARTS) is 1. The summed E-state index contributed by atoms with van der Waals surface area (Å²) in [6, 6.07) is -0.490. The molecular weight excluding hydrogens is 244 g/mol. The van der Waals surface area contributed by atoms with Crippen LogP contribution >= 0.6 is 0 Å². The predicted molar refractivity (Wildman–Crippen MR) is 73.9 cm³/mol. The van der Waals surface area contributed by atoms with Crippen LogP contribution in [0.15, 0.2) is 0 Å². The van der Waals surface area contributed by atoms with Crippen LogP contribution in [0, 0.1) is 5.92 Å². The molecule has 0 spiro atoms. The fourth-order valence-corrected chi connectivity index (χ4v) is 2.68. The van der Waals surface area contributed by atoms with Crippen LogP contribution in [-0.2, 0) is 9.59 Å². The summed E-state index contributed by atoms with van der Waals surface area (Å²) in [6.07, 6.45) is 6.21. The molecule has 0 saturated heterocycles. The highest BCUT2D eigenvalue weighted by Crippen LogP contribution is 2.24. The van der Waals surface area contributed by atoms with Gasteiger partial charge in [0.15, 0.2) is 0 Å². The summed E-state index contributed by atoms with van der Waals surface area (Å²) in [4.78, 5) is 24.0. The first-order valence-corrected chi connectivity index (χ1v) is 7.22. The zero-order valence-corrected chi connectivity index (χ0v) is 12.0. The third-order valence-corrected chi connectivity index (χ3v) is 3.90. The number of aliphatic carboxylic acids is 1. The van der Waals surface area contributed by atoms with Crippen LogP contribution in [0.3, 0.4) is 0 Å². The fraction of sp³-hybridized carbons (Fsp3) is 0.857. The van der Waals surface area contributed by atoms with E-state index in [2.05, 4.69) is 5.32 Å². The summed E-state index contributed by atoms with van der Waals surface area (Å²) in [5.41, 5.74) is 0. The van der Waals surface area contributed by atoms with E-state index in [4.69, 9.17) is 5.11 Å². The van der Waals surface area contributed by atoms with Crippen LogP contribution in [0.25, 0.3) is 0 Å². The van der Waals surface area contributed by atoms with Crippen molar-refractivity contribution in [3.63, 3.8) is 0 Å². The third kappa shape index (κ3) is 6.05. The van der Waals surface area contributed by atoms with E-state index in [1.165, 1.54) is 39.0 Å². The number of nitrogens with one attached hydrogen (secondary N) is 1. The number of hydrogen-bond donors (Lipinski definition) is 2. The second kappa shape index (κ2) is 8.15. The van der Waals surface area contributed by atoms with E-state index in [1.54, 1.807) is 6.92 Å². The Labute approximate surface area is 115 Å². The molecule has 0 aromatic carbocycles. The predicted octanol–water partition coefficient (Wildman–Crippen LogP) is 1.48. The van der Waals surface area contributed by atoms with Crippen molar-refractivity contribution in [2.24, 2.45) is 5.92 Å². The van der Waals surface area contributed by atoms with Crippen molar-refractivity contribution in [2.75, 3.05) is 19.6 Å². The highest BCUT2D eigenvalue weighted by atomic mass is 16.4. The molecule has 1 atom stereocenters. The van der Waals surface area contributed by atoms with Crippen molar-refractivity contribution in [1.29, 1.82) is 0 Å². The average molecular weight is 270 g/mol. The number of amides is 1. The van der Waals surface area contributed by atoms with Crippen LogP contribution in [-0.4, -0.2) is 47.6 Å². The van der Waals surface area contributed by atoms with Gasteiger partial charge in [0.25, 0.3) is 0 Å². The summed E-state index contributed by atoms with van der Waals surface area (Å²) in [7, 11) is 0. The lowest BCUT2D eigenvalue weighted by molar-refractivity contribution is -0.142. The molecule has 0 aromatic heterocycles. The lowest BCUT2D eigenvalue weighted by atomic mass is 9.88. The van der Waals surface area contributed by atoms with Crippen LogP contribution in [0.4, 0.5) is 0 Å². The standard InChI is InChI=1S/C14H26N2O3/c1-11(14(18)19)16(9-8-15-12(2)17)10-13-6-4-3-5-7-13/h11,13H,3-10H2,1-2H3,(H,15,17)(H,18,19). The van der Waals surface area contributed by atoms with Gasteiger partial charge in [0, 0.05) is 26.6 Å². The number of rotatable bonds is 7. The quantitative estimate of drug-likeness (QED) is 0.735. The van der Waals surface area contributed by atoms with Gasteiger partial charge in [-0.3, -0.25) is 14.5 Å². The van der Waals surface area contributed by atoms with Gasteiger partial charge in [-0.2, -0.15) is 0 Å². The second-order valence-electron chi connectivity index (χ2n) is 5.50. The first-order chi connectivity index (χ1) is 9.00. The molecule has 0 aromatic rings. The molecule has 1 saturated carbocycles. The van der Waals surface area contributed by atoms with E-state index in [0.717, 1.165) is 6.54 Å². The highest BCUT2D eigenvalue weighted by Gasteiger charge is 2.24. The number of carbonyl (C=O) groups excluding carboxylic acids is 1. The Morgan fingerprint density at radius 1 is 1.32 bits per heavy atom. The molecule has 1 rings (SSSR count). The number of hydrogen-bond acceptors (Lipinski definition) is 3. The molecule has 0 radical (unpaired) electrons. The Morgan fingerprint density at radius 2 is 1.95 bits per heavy atom.